The fraction of sp³-hybridized carbons (Fsp3) is 0.667. The standard InChI is InChI=1S/C21H31ClN2O3/c1-23(21(25)7-10-26-2)14-16-11-19(12-16)27-18-6-5-17(20(22)13-18)15-24-8-3-4-9-24/h5-6,13,16,19H,3-4,7-12,14-15H2,1-2H3. The molecule has 27 heavy (non-hydrogen) atoms. The first-order valence-electron chi connectivity index (χ1n) is 9.95. The van der Waals surface area contributed by atoms with Crippen molar-refractivity contribution in [3.8, 4) is 5.75 Å². The average Bonchev–Trinajstić information content (AvgIpc) is 3.13. The predicted molar refractivity (Wildman–Crippen MR) is 107 cm³/mol. The van der Waals surface area contributed by atoms with Crippen LogP contribution in [0.3, 0.4) is 0 Å². The summed E-state index contributed by atoms with van der Waals surface area (Å²) in [5, 5.41) is 0.791. The van der Waals surface area contributed by atoms with E-state index in [1.165, 1.54) is 31.5 Å². The number of hydrogen-bond acceptors (Lipinski definition) is 4. The molecule has 6 heteroatoms. The maximum atomic E-state index is 11.9. The molecule has 2 aliphatic rings. The number of ether oxygens (including phenoxy) is 2. The average molecular weight is 395 g/mol. The summed E-state index contributed by atoms with van der Waals surface area (Å²) in [5.41, 5.74) is 1.17. The van der Waals surface area contributed by atoms with Gasteiger partial charge in [0, 0.05) is 32.3 Å². The summed E-state index contributed by atoms with van der Waals surface area (Å²) in [7, 11) is 3.48. The normalized spacial score (nSPS) is 22.5. The maximum Gasteiger partial charge on any atom is 0.224 e. The first-order valence-corrected chi connectivity index (χ1v) is 10.3. The molecule has 0 unspecified atom stereocenters. The summed E-state index contributed by atoms with van der Waals surface area (Å²) >= 11 is 6.47. The van der Waals surface area contributed by atoms with E-state index in [2.05, 4.69) is 11.0 Å². The van der Waals surface area contributed by atoms with E-state index < -0.39 is 0 Å². The predicted octanol–water partition coefficient (Wildman–Crippen LogP) is 3.59. The first kappa shape index (κ1) is 20.4. The van der Waals surface area contributed by atoms with Gasteiger partial charge in [0.2, 0.25) is 5.91 Å². The molecular formula is C21H31ClN2O3. The monoisotopic (exact) mass is 394 g/mol. The van der Waals surface area contributed by atoms with E-state index in [-0.39, 0.29) is 12.0 Å². The summed E-state index contributed by atoms with van der Waals surface area (Å²) in [4.78, 5) is 16.2. The zero-order chi connectivity index (χ0) is 19.2. The lowest BCUT2D eigenvalue weighted by molar-refractivity contribution is -0.132. The minimum atomic E-state index is 0.140. The number of amides is 1. The van der Waals surface area contributed by atoms with E-state index in [1.54, 1.807) is 7.11 Å². The highest BCUT2D eigenvalue weighted by Gasteiger charge is 2.32. The molecule has 1 amide bonds. The number of nitrogens with zero attached hydrogens (tertiary/aromatic N) is 2. The van der Waals surface area contributed by atoms with Gasteiger partial charge in [-0.15, -0.1) is 0 Å². The SMILES string of the molecule is COCCC(=O)N(C)CC1CC(Oc2ccc(CN3CCCC3)c(Cl)c2)C1. The van der Waals surface area contributed by atoms with Crippen LogP contribution in [0.15, 0.2) is 18.2 Å². The molecule has 0 N–H and O–H groups in total. The lowest BCUT2D eigenvalue weighted by Crippen LogP contribution is -2.42. The van der Waals surface area contributed by atoms with Gasteiger partial charge in [-0.1, -0.05) is 17.7 Å². The number of halogens is 1. The van der Waals surface area contributed by atoms with Crippen molar-refractivity contribution in [3.63, 3.8) is 0 Å². The third-order valence-corrected chi connectivity index (χ3v) is 5.94. The van der Waals surface area contributed by atoms with Crippen LogP contribution in [0, 0.1) is 5.92 Å². The molecule has 0 spiro atoms. The third kappa shape index (κ3) is 5.84. The zero-order valence-corrected chi connectivity index (χ0v) is 17.2. The van der Waals surface area contributed by atoms with Crippen LogP contribution in [0.2, 0.25) is 5.02 Å². The number of likely N-dealkylation sites (tertiary alicyclic amines) is 1. The van der Waals surface area contributed by atoms with E-state index in [0.717, 1.165) is 36.7 Å². The van der Waals surface area contributed by atoms with Crippen molar-refractivity contribution in [3.05, 3.63) is 28.8 Å². The number of methoxy groups -OCH3 is 1. The van der Waals surface area contributed by atoms with E-state index in [4.69, 9.17) is 21.1 Å². The van der Waals surface area contributed by atoms with Crippen LogP contribution in [0.1, 0.15) is 37.7 Å². The highest BCUT2D eigenvalue weighted by atomic mass is 35.5. The fourth-order valence-electron chi connectivity index (χ4n) is 3.89. The Hall–Kier alpha value is -1.30. The van der Waals surface area contributed by atoms with Crippen molar-refractivity contribution < 1.29 is 14.3 Å². The van der Waals surface area contributed by atoms with Gasteiger partial charge < -0.3 is 14.4 Å². The number of hydrogen-bond donors (Lipinski definition) is 0. The van der Waals surface area contributed by atoms with E-state index in [0.29, 0.717) is 18.9 Å². The fourth-order valence-corrected chi connectivity index (χ4v) is 4.12. The molecule has 150 valence electrons. The highest BCUT2D eigenvalue weighted by molar-refractivity contribution is 6.31. The molecule has 1 aliphatic heterocycles. The molecule has 1 aliphatic carbocycles. The van der Waals surface area contributed by atoms with Crippen molar-refractivity contribution in [2.45, 2.75) is 44.8 Å². The molecule has 1 aromatic carbocycles. The van der Waals surface area contributed by atoms with Gasteiger partial charge >= 0.3 is 0 Å². The zero-order valence-electron chi connectivity index (χ0n) is 16.5. The molecule has 5 nitrogen and oxygen atoms in total. The van der Waals surface area contributed by atoms with Gasteiger partial charge in [0.25, 0.3) is 0 Å². The van der Waals surface area contributed by atoms with Gasteiger partial charge in [-0.2, -0.15) is 0 Å². The van der Waals surface area contributed by atoms with Crippen molar-refractivity contribution >= 4 is 17.5 Å². The van der Waals surface area contributed by atoms with Gasteiger partial charge in [-0.25, -0.2) is 0 Å². The summed E-state index contributed by atoms with van der Waals surface area (Å²) < 4.78 is 11.0. The Labute approximate surface area is 167 Å². The maximum absolute atomic E-state index is 11.9. The molecule has 0 aromatic heterocycles. The van der Waals surface area contributed by atoms with Crippen molar-refractivity contribution in [1.82, 2.24) is 9.80 Å². The van der Waals surface area contributed by atoms with Crippen LogP contribution in [0.25, 0.3) is 0 Å². The minimum absolute atomic E-state index is 0.140. The van der Waals surface area contributed by atoms with Crippen LogP contribution >= 0.6 is 11.6 Å². The Kier molecular flexibility index (Phi) is 7.39. The van der Waals surface area contributed by atoms with Crippen LogP contribution < -0.4 is 4.74 Å². The van der Waals surface area contributed by atoms with E-state index in [9.17, 15) is 4.79 Å². The van der Waals surface area contributed by atoms with Gasteiger partial charge in [0.15, 0.2) is 0 Å². The lowest BCUT2D eigenvalue weighted by Gasteiger charge is -2.37. The number of carbonyl (C=O) groups is 1. The smallest absolute Gasteiger partial charge is 0.224 e. The van der Waals surface area contributed by atoms with Gasteiger partial charge in [-0.05, 0) is 62.4 Å². The molecule has 1 heterocycles. The van der Waals surface area contributed by atoms with Gasteiger partial charge in [0.1, 0.15) is 5.75 Å². The van der Waals surface area contributed by atoms with Crippen molar-refractivity contribution in [2.24, 2.45) is 5.92 Å². The molecule has 1 saturated heterocycles. The second-order valence-electron chi connectivity index (χ2n) is 7.83. The molecule has 3 rings (SSSR count). The van der Waals surface area contributed by atoms with E-state index >= 15 is 0 Å². The lowest BCUT2D eigenvalue weighted by atomic mass is 9.82. The van der Waals surface area contributed by atoms with Crippen LogP contribution in [0.5, 0.6) is 5.75 Å². The van der Waals surface area contributed by atoms with E-state index in [1.807, 2.05) is 24.1 Å². The summed E-state index contributed by atoms with van der Waals surface area (Å²) in [6.07, 6.45) is 5.20. The second-order valence-corrected chi connectivity index (χ2v) is 8.24. The molecular weight excluding hydrogens is 364 g/mol. The molecule has 1 saturated carbocycles. The molecule has 2 fully saturated rings. The largest absolute Gasteiger partial charge is 0.490 e. The summed E-state index contributed by atoms with van der Waals surface area (Å²) in [6.45, 7) is 4.53. The molecule has 0 atom stereocenters. The van der Waals surface area contributed by atoms with Crippen LogP contribution in [-0.4, -0.2) is 62.2 Å². The summed E-state index contributed by atoms with van der Waals surface area (Å²) in [6, 6.07) is 6.07. The quantitative estimate of drug-likeness (QED) is 0.642. The first-order chi connectivity index (χ1) is 13.0. The Balaban J connectivity index is 1.40. The Morgan fingerprint density at radius 3 is 2.70 bits per heavy atom. The second kappa shape index (κ2) is 9.76. The van der Waals surface area contributed by atoms with Crippen molar-refractivity contribution in [2.75, 3.05) is 40.4 Å². The number of carbonyl (C=O) groups excluding carboxylic acids is 1. The summed E-state index contributed by atoms with van der Waals surface area (Å²) in [5.74, 6) is 1.50. The number of benzene rings is 1. The topological polar surface area (TPSA) is 42.0 Å². The Morgan fingerprint density at radius 1 is 1.30 bits per heavy atom. The van der Waals surface area contributed by atoms with Crippen molar-refractivity contribution in [1.29, 1.82) is 0 Å². The molecule has 1 aromatic rings. The van der Waals surface area contributed by atoms with Crippen LogP contribution in [0.4, 0.5) is 0 Å². The minimum Gasteiger partial charge on any atom is -0.490 e. The molecule has 0 bridgehead atoms. The Bertz CT molecular complexity index is 628. The molecule has 0 radical (unpaired) electrons. The van der Waals surface area contributed by atoms with Gasteiger partial charge in [-0.3, -0.25) is 9.69 Å². The van der Waals surface area contributed by atoms with Crippen LogP contribution in [-0.2, 0) is 16.1 Å². The van der Waals surface area contributed by atoms with Gasteiger partial charge in [0.05, 0.1) is 19.1 Å². The Morgan fingerprint density at radius 2 is 2.04 bits per heavy atom. The third-order valence-electron chi connectivity index (χ3n) is 5.59. The highest BCUT2D eigenvalue weighted by Crippen LogP contribution is 2.33. The number of rotatable bonds is 9.